The molecule has 4 rings (SSSR count). The van der Waals surface area contributed by atoms with Gasteiger partial charge in [0, 0.05) is 34.2 Å². The number of amides is 1. The monoisotopic (exact) mass is 540 g/mol. The number of halogens is 2. The zero-order chi connectivity index (χ0) is 26.2. The number of fused-ring (bicyclic) bond motifs is 1. The van der Waals surface area contributed by atoms with Crippen LogP contribution in [0.15, 0.2) is 42.6 Å². The molecule has 0 aliphatic carbocycles. The van der Waals surface area contributed by atoms with Gasteiger partial charge in [-0.05, 0) is 29.8 Å². The Morgan fingerprint density at radius 1 is 1.17 bits per heavy atom. The van der Waals surface area contributed by atoms with Crippen LogP contribution < -0.4 is 10.1 Å². The predicted molar refractivity (Wildman–Crippen MR) is 131 cm³/mol. The summed E-state index contributed by atoms with van der Waals surface area (Å²) in [6, 6.07) is 10.2. The van der Waals surface area contributed by atoms with E-state index in [1.807, 2.05) is 0 Å². The summed E-state index contributed by atoms with van der Waals surface area (Å²) in [5, 5.41) is 54.7. The minimum atomic E-state index is -2.15. The van der Waals surface area contributed by atoms with Crippen molar-refractivity contribution < 1.29 is 39.8 Å². The average Bonchev–Trinajstić information content (AvgIpc) is 3.23. The Morgan fingerprint density at radius 2 is 1.92 bits per heavy atom. The number of carbonyl (C=O) groups is 1. The van der Waals surface area contributed by atoms with Crippen molar-refractivity contribution in [2.24, 2.45) is 0 Å². The number of rotatable bonds is 7. The highest BCUT2D eigenvalue weighted by molar-refractivity contribution is 6.35. The molecule has 194 valence electrons. The van der Waals surface area contributed by atoms with Crippen molar-refractivity contribution >= 4 is 40.0 Å². The molecule has 0 spiro atoms. The van der Waals surface area contributed by atoms with E-state index in [0.29, 0.717) is 26.7 Å². The summed E-state index contributed by atoms with van der Waals surface area (Å²) in [6.07, 6.45) is -5.17. The summed E-state index contributed by atoms with van der Waals surface area (Å²) in [7, 11) is 1.51. The fourth-order valence-electron chi connectivity index (χ4n) is 4.34. The minimum absolute atomic E-state index is 0.156. The number of aliphatic hydroxyl groups excluding tert-OH is 5. The Hall–Kier alpha value is -2.41. The first-order valence-electron chi connectivity index (χ1n) is 11.0. The maximum absolute atomic E-state index is 13.5. The maximum atomic E-state index is 13.5. The van der Waals surface area contributed by atoms with Gasteiger partial charge in [0.25, 0.3) is 5.91 Å². The molecule has 1 unspecified atom stereocenters. The fourth-order valence-corrected chi connectivity index (χ4v) is 4.81. The molecule has 0 bridgehead atoms. The molecule has 1 saturated heterocycles. The summed E-state index contributed by atoms with van der Waals surface area (Å²) in [4.78, 5) is 13.5. The van der Waals surface area contributed by atoms with Crippen LogP contribution in [-0.2, 0) is 11.3 Å². The third-order valence-electron chi connectivity index (χ3n) is 6.45. The molecule has 0 radical (unpaired) electrons. The second-order valence-corrected chi connectivity index (χ2v) is 9.43. The van der Waals surface area contributed by atoms with Crippen molar-refractivity contribution in [3.05, 3.63) is 63.8 Å². The standard InChI is InChI=1S/C24H26Cl2N2O8/c1-35-14-4-5-15-16(9-28(18(15)7-14)8-12-2-3-13(25)6-17(12)26)22(33)27-24(11-30)21(32)20(31)19(10-29)36-23(24)34/h2-7,9,19-21,23,29-32,34H,8,10-11H2,1H3,(H,27,33)/t19-,20-,21+,23?,24-/m1/s1. The van der Waals surface area contributed by atoms with E-state index in [-0.39, 0.29) is 12.1 Å². The van der Waals surface area contributed by atoms with Gasteiger partial charge < -0.3 is 44.9 Å². The van der Waals surface area contributed by atoms with Gasteiger partial charge in [0.1, 0.15) is 29.6 Å². The Morgan fingerprint density at radius 3 is 2.56 bits per heavy atom. The highest BCUT2D eigenvalue weighted by atomic mass is 35.5. The van der Waals surface area contributed by atoms with Gasteiger partial charge in [0.15, 0.2) is 6.29 Å². The summed E-state index contributed by atoms with van der Waals surface area (Å²) in [5.74, 6) is -0.205. The second kappa shape index (κ2) is 10.5. The first-order valence-corrected chi connectivity index (χ1v) is 11.8. The normalized spacial score (nSPS) is 26.2. The maximum Gasteiger partial charge on any atom is 0.254 e. The third kappa shape index (κ3) is 4.67. The molecule has 1 amide bonds. The Balaban J connectivity index is 1.74. The second-order valence-electron chi connectivity index (χ2n) is 8.59. The van der Waals surface area contributed by atoms with E-state index >= 15 is 0 Å². The van der Waals surface area contributed by atoms with Gasteiger partial charge in [-0.25, -0.2) is 0 Å². The molecule has 1 aliphatic rings. The topological polar surface area (TPSA) is 154 Å². The molecule has 2 heterocycles. The predicted octanol–water partition coefficient (Wildman–Crippen LogP) is 0.897. The summed E-state index contributed by atoms with van der Waals surface area (Å²) >= 11 is 12.4. The number of nitrogens with one attached hydrogen (secondary N) is 1. The van der Waals surface area contributed by atoms with Crippen molar-refractivity contribution in [3.63, 3.8) is 0 Å². The Labute approximate surface area is 216 Å². The lowest BCUT2D eigenvalue weighted by Gasteiger charge is -2.48. The number of methoxy groups -OCH3 is 1. The van der Waals surface area contributed by atoms with Gasteiger partial charge in [0.05, 0.1) is 31.4 Å². The number of benzene rings is 2. The fraction of sp³-hybridized carbons (Fsp3) is 0.375. The van der Waals surface area contributed by atoms with Crippen LogP contribution in [0.25, 0.3) is 10.9 Å². The summed E-state index contributed by atoms with van der Waals surface area (Å²) < 4.78 is 12.3. The van der Waals surface area contributed by atoms with Crippen molar-refractivity contribution in [2.45, 2.75) is 36.7 Å². The average molecular weight is 541 g/mol. The molecule has 12 heteroatoms. The lowest BCUT2D eigenvalue weighted by atomic mass is 9.83. The number of nitrogens with zero attached hydrogens (tertiary/aromatic N) is 1. The zero-order valence-electron chi connectivity index (χ0n) is 19.1. The first-order chi connectivity index (χ1) is 17.1. The van der Waals surface area contributed by atoms with Crippen LogP contribution in [0.1, 0.15) is 15.9 Å². The lowest BCUT2D eigenvalue weighted by molar-refractivity contribution is -0.288. The Bertz CT molecular complexity index is 1270. The van der Waals surface area contributed by atoms with Gasteiger partial charge in [-0.3, -0.25) is 4.79 Å². The molecule has 1 fully saturated rings. The molecule has 36 heavy (non-hydrogen) atoms. The van der Waals surface area contributed by atoms with Crippen LogP contribution in [-0.4, -0.2) is 86.5 Å². The smallest absolute Gasteiger partial charge is 0.254 e. The molecular formula is C24H26Cl2N2O8. The number of hydrogen-bond acceptors (Lipinski definition) is 8. The molecule has 1 aliphatic heterocycles. The van der Waals surface area contributed by atoms with Gasteiger partial charge in [0.2, 0.25) is 0 Å². The van der Waals surface area contributed by atoms with Crippen molar-refractivity contribution in [1.82, 2.24) is 9.88 Å². The molecule has 2 aromatic carbocycles. The zero-order valence-corrected chi connectivity index (χ0v) is 20.6. The van der Waals surface area contributed by atoms with Crippen LogP contribution in [0.3, 0.4) is 0 Å². The molecule has 3 aromatic rings. The van der Waals surface area contributed by atoms with Crippen LogP contribution in [0.5, 0.6) is 5.75 Å². The highest BCUT2D eigenvalue weighted by Gasteiger charge is 2.56. The van der Waals surface area contributed by atoms with E-state index in [9.17, 15) is 30.3 Å². The van der Waals surface area contributed by atoms with E-state index in [0.717, 1.165) is 5.56 Å². The van der Waals surface area contributed by atoms with Gasteiger partial charge >= 0.3 is 0 Å². The van der Waals surface area contributed by atoms with Gasteiger partial charge in [-0.15, -0.1) is 0 Å². The van der Waals surface area contributed by atoms with E-state index in [4.69, 9.17) is 32.7 Å². The number of ether oxygens (including phenoxy) is 2. The van der Waals surface area contributed by atoms with E-state index < -0.39 is 49.3 Å². The molecule has 0 saturated carbocycles. The van der Waals surface area contributed by atoms with Crippen molar-refractivity contribution in [1.29, 1.82) is 0 Å². The van der Waals surface area contributed by atoms with Crippen LogP contribution in [0.2, 0.25) is 10.0 Å². The molecule has 10 nitrogen and oxygen atoms in total. The van der Waals surface area contributed by atoms with E-state index in [2.05, 4.69) is 5.32 Å². The van der Waals surface area contributed by atoms with Crippen molar-refractivity contribution in [2.75, 3.05) is 20.3 Å². The summed E-state index contributed by atoms with van der Waals surface area (Å²) in [5.41, 5.74) is -0.624. The molecule has 6 N–H and O–H groups in total. The SMILES string of the molecule is COc1ccc2c(C(=O)N[C@@]3(CO)C(O)O[C@H](CO)[C@@H](O)[C@@H]3O)cn(Cc3ccc(Cl)cc3Cl)c2c1. The largest absolute Gasteiger partial charge is 0.497 e. The summed E-state index contributed by atoms with van der Waals surface area (Å²) in [6.45, 7) is -1.36. The molecule has 1 aromatic heterocycles. The number of aliphatic hydroxyl groups is 5. The lowest BCUT2D eigenvalue weighted by Crippen LogP contribution is -2.74. The molecule has 5 atom stereocenters. The minimum Gasteiger partial charge on any atom is -0.497 e. The highest BCUT2D eigenvalue weighted by Crippen LogP contribution is 2.32. The third-order valence-corrected chi connectivity index (χ3v) is 7.04. The van der Waals surface area contributed by atoms with Crippen LogP contribution >= 0.6 is 23.2 Å². The van der Waals surface area contributed by atoms with Crippen molar-refractivity contribution in [3.8, 4) is 5.75 Å². The van der Waals surface area contributed by atoms with Crippen LogP contribution in [0, 0.1) is 0 Å². The quantitative estimate of drug-likeness (QED) is 0.258. The van der Waals surface area contributed by atoms with E-state index in [1.54, 1.807) is 47.2 Å². The first kappa shape index (κ1) is 26.6. The van der Waals surface area contributed by atoms with Crippen LogP contribution in [0.4, 0.5) is 0 Å². The number of carbonyl (C=O) groups excluding carboxylic acids is 1. The van der Waals surface area contributed by atoms with E-state index in [1.165, 1.54) is 7.11 Å². The van der Waals surface area contributed by atoms with Gasteiger partial charge in [-0.2, -0.15) is 0 Å². The Kier molecular flexibility index (Phi) is 7.79. The van der Waals surface area contributed by atoms with Gasteiger partial charge in [-0.1, -0.05) is 29.3 Å². The number of aromatic nitrogens is 1. The molecular weight excluding hydrogens is 515 g/mol. The number of hydrogen-bond donors (Lipinski definition) is 6.